The number of hydrogen-bond acceptors (Lipinski definition) is 5. The molecule has 1 spiro atoms. The van der Waals surface area contributed by atoms with E-state index in [-0.39, 0.29) is 24.0 Å². The predicted octanol–water partition coefficient (Wildman–Crippen LogP) is 2.98. The number of nitrogens with one attached hydrogen (secondary N) is 1. The largest absolute Gasteiger partial charge is 0.496 e. The van der Waals surface area contributed by atoms with Crippen molar-refractivity contribution in [1.82, 2.24) is 10.2 Å². The number of benzene rings is 2. The molecule has 0 radical (unpaired) electrons. The molecule has 2 aliphatic rings. The van der Waals surface area contributed by atoms with Gasteiger partial charge in [0.25, 0.3) is 0 Å². The van der Waals surface area contributed by atoms with Gasteiger partial charge in [0.05, 0.1) is 19.3 Å². The van der Waals surface area contributed by atoms with Crippen LogP contribution >= 0.6 is 0 Å². The van der Waals surface area contributed by atoms with Gasteiger partial charge in [-0.15, -0.1) is 0 Å². The van der Waals surface area contributed by atoms with Crippen molar-refractivity contribution in [2.75, 3.05) is 38.2 Å². The van der Waals surface area contributed by atoms with Crippen LogP contribution in [0.4, 0.5) is 5.69 Å². The number of anilines is 1. The second-order valence-corrected chi connectivity index (χ2v) is 8.53. The van der Waals surface area contributed by atoms with E-state index in [1.165, 1.54) is 6.92 Å². The zero-order chi connectivity index (χ0) is 22.6. The minimum Gasteiger partial charge on any atom is -0.496 e. The van der Waals surface area contributed by atoms with Gasteiger partial charge in [0.1, 0.15) is 17.1 Å². The monoisotopic (exact) mass is 437 g/mol. The lowest BCUT2D eigenvalue weighted by Crippen LogP contribution is -2.52. The van der Waals surface area contributed by atoms with Crippen LogP contribution in [-0.2, 0) is 16.1 Å². The minimum absolute atomic E-state index is 0.0399. The Hall–Kier alpha value is -3.22. The lowest BCUT2D eigenvalue weighted by atomic mass is 9.87. The summed E-state index contributed by atoms with van der Waals surface area (Å²) in [6.45, 7) is 4.33. The fourth-order valence-corrected chi connectivity index (χ4v) is 4.58. The molecule has 1 N–H and O–H groups in total. The maximum Gasteiger partial charge on any atom is 0.241 e. The van der Waals surface area contributed by atoms with Crippen LogP contribution in [0.15, 0.2) is 48.5 Å². The van der Waals surface area contributed by atoms with Crippen LogP contribution in [0.1, 0.15) is 31.7 Å². The van der Waals surface area contributed by atoms with E-state index in [4.69, 9.17) is 9.47 Å². The zero-order valence-electron chi connectivity index (χ0n) is 18.8. The number of nitrogens with zero attached hydrogens (tertiary/aromatic N) is 2. The van der Waals surface area contributed by atoms with Gasteiger partial charge in [-0.3, -0.25) is 9.59 Å². The van der Waals surface area contributed by atoms with Gasteiger partial charge in [-0.05, 0) is 18.2 Å². The first-order valence-corrected chi connectivity index (χ1v) is 11.2. The van der Waals surface area contributed by atoms with E-state index in [2.05, 4.69) is 22.3 Å². The molecule has 7 heteroatoms. The number of ether oxygens (including phenoxy) is 2. The van der Waals surface area contributed by atoms with Crippen molar-refractivity contribution in [3.05, 3.63) is 54.1 Å². The van der Waals surface area contributed by atoms with Crippen LogP contribution in [0, 0.1) is 0 Å². The first-order chi connectivity index (χ1) is 15.5. The van der Waals surface area contributed by atoms with Crippen molar-refractivity contribution in [2.45, 2.75) is 38.3 Å². The van der Waals surface area contributed by atoms with Gasteiger partial charge in [0, 0.05) is 57.9 Å². The lowest BCUT2D eigenvalue weighted by Gasteiger charge is -2.41. The summed E-state index contributed by atoms with van der Waals surface area (Å²) in [5.74, 6) is 1.54. The standard InChI is InChI=1S/C25H31N3O4/c1-19(29)26-17-24(30)27-14-11-25(12-15-27)13-16-28(21-8-4-6-10-23(21)32-25)18-20-7-3-5-9-22(20)31-2/h3-10H,11-18H2,1-2H3,(H,26,29). The number of likely N-dealkylation sites (tertiary alicyclic amines) is 1. The molecule has 2 aliphatic heterocycles. The van der Waals surface area contributed by atoms with Gasteiger partial charge in [0.2, 0.25) is 11.8 Å². The summed E-state index contributed by atoms with van der Waals surface area (Å²) in [5, 5.41) is 2.60. The molecule has 170 valence electrons. The van der Waals surface area contributed by atoms with E-state index < -0.39 is 0 Å². The van der Waals surface area contributed by atoms with E-state index in [1.807, 2.05) is 41.3 Å². The van der Waals surface area contributed by atoms with Gasteiger partial charge >= 0.3 is 0 Å². The summed E-state index contributed by atoms with van der Waals surface area (Å²) >= 11 is 0. The Morgan fingerprint density at radius 3 is 2.47 bits per heavy atom. The molecule has 2 heterocycles. The Kier molecular flexibility index (Phi) is 6.53. The second kappa shape index (κ2) is 9.51. The molecule has 0 unspecified atom stereocenters. The number of rotatable bonds is 5. The molecule has 0 saturated carbocycles. The number of amides is 2. The first-order valence-electron chi connectivity index (χ1n) is 11.2. The third kappa shape index (κ3) is 4.82. The highest BCUT2D eigenvalue weighted by Crippen LogP contribution is 2.41. The number of carbonyl (C=O) groups excluding carboxylic acids is 2. The fraction of sp³-hybridized carbons (Fsp3) is 0.440. The molecule has 1 saturated heterocycles. The van der Waals surface area contributed by atoms with Gasteiger partial charge in [-0.25, -0.2) is 0 Å². The molecule has 1 fully saturated rings. The van der Waals surface area contributed by atoms with Gasteiger partial charge in [-0.1, -0.05) is 30.3 Å². The first kappa shape index (κ1) is 22.0. The van der Waals surface area contributed by atoms with Gasteiger partial charge in [0.15, 0.2) is 0 Å². The molecule has 2 aromatic rings. The Morgan fingerprint density at radius 1 is 1.03 bits per heavy atom. The number of piperidine rings is 1. The van der Waals surface area contributed by atoms with Crippen molar-refractivity contribution < 1.29 is 19.1 Å². The number of carbonyl (C=O) groups is 2. The smallest absolute Gasteiger partial charge is 0.241 e. The van der Waals surface area contributed by atoms with Crippen molar-refractivity contribution in [3.63, 3.8) is 0 Å². The highest BCUT2D eigenvalue weighted by molar-refractivity contribution is 5.83. The van der Waals surface area contributed by atoms with E-state index in [1.54, 1.807) is 7.11 Å². The molecule has 0 aromatic heterocycles. The number of fused-ring (bicyclic) bond motifs is 1. The molecule has 0 atom stereocenters. The summed E-state index contributed by atoms with van der Waals surface area (Å²) in [6.07, 6.45) is 2.43. The van der Waals surface area contributed by atoms with Crippen LogP contribution in [0.25, 0.3) is 0 Å². The molecule has 2 aromatic carbocycles. The Balaban J connectivity index is 1.49. The van der Waals surface area contributed by atoms with Crippen LogP contribution in [0.5, 0.6) is 11.5 Å². The van der Waals surface area contributed by atoms with Crippen LogP contribution in [-0.4, -0.2) is 55.6 Å². The molecule has 32 heavy (non-hydrogen) atoms. The average molecular weight is 438 g/mol. The summed E-state index contributed by atoms with van der Waals surface area (Å²) in [4.78, 5) is 27.7. The predicted molar refractivity (Wildman–Crippen MR) is 123 cm³/mol. The van der Waals surface area contributed by atoms with E-state index in [9.17, 15) is 9.59 Å². The lowest BCUT2D eigenvalue weighted by molar-refractivity contribution is -0.135. The third-order valence-electron chi connectivity index (χ3n) is 6.44. The minimum atomic E-state index is -0.295. The number of hydrogen-bond donors (Lipinski definition) is 1. The highest BCUT2D eigenvalue weighted by atomic mass is 16.5. The molecule has 2 amide bonds. The van der Waals surface area contributed by atoms with Crippen LogP contribution < -0.4 is 19.7 Å². The Bertz CT molecular complexity index is 969. The number of para-hydroxylation sites is 3. The van der Waals surface area contributed by atoms with Crippen LogP contribution in [0.3, 0.4) is 0 Å². The third-order valence-corrected chi connectivity index (χ3v) is 6.44. The average Bonchev–Trinajstić information content (AvgIpc) is 2.95. The summed E-state index contributed by atoms with van der Waals surface area (Å²) < 4.78 is 12.2. The van der Waals surface area contributed by atoms with E-state index in [0.29, 0.717) is 13.1 Å². The Morgan fingerprint density at radius 2 is 1.72 bits per heavy atom. The highest BCUT2D eigenvalue weighted by Gasteiger charge is 2.40. The van der Waals surface area contributed by atoms with E-state index >= 15 is 0 Å². The quantitative estimate of drug-likeness (QED) is 0.779. The SMILES string of the molecule is COc1ccccc1CN1CCC2(CCN(C(=O)CNC(C)=O)CC2)Oc2ccccc21. The van der Waals surface area contributed by atoms with E-state index in [0.717, 1.165) is 55.1 Å². The maximum atomic E-state index is 12.4. The molecular weight excluding hydrogens is 406 g/mol. The Labute approximate surface area is 189 Å². The van der Waals surface area contributed by atoms with Crippen molar-refractivity contribution in [1.29, 1.82) is 0 Å². The zero-order valence-corrected chi connectivity index (χ0v) is 18.8. The summed E-state index contributed by atoms with van der Waals surface area (Å²) in [5.41, 5.74) is 1.93. The van der Waals surface area contributed by atoms with Crippen molar-refractivity contribution in [3.8, 4) is 11.5 Å². The molecule has 0 bridgehead atoms. The molecular formula is C25H31N3O4. The fourth-order valence-electron chi connectivity index (χ4n) is 4.58. The molecule has 7 nitrogen and oxygen atoms in total. The second-order valence-electron chi connectivity index (χ2n) is 8.53. The van der Waals surface area contributed by atoms with Crippen molar-refractivity contribution >= 4 is 17.5 Å². The van der Waals surface area contributed by atoms with Crippen LogP contribution in [0.2, 0.25) is 0 Å². The molecule has 0 aliphatic carbocycles. The summed E-state index contributed by atoms with van der Waals surface area (Å²) in [7, 11) is 1.70. The van der Waals surface area contributed by atoms with Crippen molar-refractivity contribution in [2.24, 2.45) is 0 Å². The maximum absolute atomic E-state index is 12.4. The normalized spacial score (nSPS) is 17.2. The topological polar surface area (TPSA) is 71.1 Å². The van der Waals surface area contributed by atoms with Gasteiger partial charge in [-0.2, -0.15) is 0 Å². The molecule has 4 rings (SSSR count). The number of methoxy groups -OCH3 is 1. The van der Waals surface area contributed by atoms with Gasteiger partial charge < -0.3 is 24.6 Å². The summed E-state index contributed by atoms with van der Waals surface area (Å²) in [6, 6.07) is 16.3.